The Morgan fingerprint density at radius 2 is 2.33 bits per heavy atom. The summed E-state index contributed by atoms with van der Waals surface area (Å²) in [7, 11) is 0. The van der Waals surface area contributed by atoms with E-state index in [2.05, 4.69) is 9.99 Å². The molecule has 0 spiro atoms. The Bertz CT molecular complexity index is 403. The molecule has 0 aromatic carbocycles. The number of hydrogen-bond acceptors (Lipinski definition) is 4. The van der Waals surface area contributed by atoms with Gasteiger partial charge in [0.15, 0.2) is 0 Å². The highest BCUT2D eigenvalue weighted by Crippen LogP contribution is 2.31. The van der Waals surface area contributed by atoms with E-state index in [1.165, 1.54) is 11.3 Å². The summed E-state index contributed by atoms with van der Waals surface area (Å²) in [6.07, 6.45) is 0. The van der Waals surface area contributed by atoms with Gasteiger partial charge in [-0.05, 0) is 13.0 Å². The van der Waals surface area contributed by atoms with E-state index in [0.29, 0.717) is 19.9 Å². The first kappa shape index (κ1) is 12.3. The van der Waals surface area contributed by atoms with Crippen molar-refractivity contribution in [1.82, 2.24) is 0 Å². The Balaban J connectivity index is 2.71. The second kappa shape index (κ2) is 5.34. The molecule has 82 valence electrons. The van der Waals surface area contributed by atoms with E-state index in [0.717, 1.165) is 0 Å². The molecule has 0 saturated heterocycles. The lowest BCUT2D eigenvalue weighted by molar-refractivity contribution is -0.142. The maximum atomic E-state index is 10.1. The third-order valence-electron chi connectivity index (χ3n) is 1.44. The summed E-state index contributed by atoms with van der Waals surface area (Å²) in [5, 5.41) is 11.9. The zero-order chi connectivity index (χ0) is 11.4. The standard InChI is InChI=1S/C8H7Cl2NO3S/c1-4(11-14-3-7(12)13)5-2-6(9)15-8(5)10/h2H,3H2,1H3,(H,12,13)/b11-4-. The highest BCUT2D eigenvalue weighted by molar-refractivity contribution is 7.20. The molecule has 0 amide bonds. The van der Waals surface area contributed by atoms with Crippen molar-refractivity contribution >= 4 is 46.2 Å². The van der Waals surface area contributed by atoms with Crippen molar-refractivity contribution in [2.24, 2.45) is 5.16 Å². The third-order valence-corrected chi connectivity index (χ3v) is 2.92. The Hall–Kier alpha value is -0.780. The zero-order valence-electron chi connectivity index (χ0n) is 7.66. The molecule has 1 aromatic rings. The van der Waals surface area contributed by atoms with E-state index < -0.39 is 12.6 Å². The number of oxime groups is 1. The summed E-state index contributed by atoms with van der Waals surface area (Å²) in [6.45, 7) is 1.18. The minimum atomic E-state index is -1.08. The van der Waals surface area contributed by atoms with Crippen molar-refractivity contribution in [3.63, 3.8) is 0 Å². The maximum absolute atomic E-state index is 10.1. The molecule has 0 atom stereocenters. The molecule has 0 aliphatic heterocycles. The highest BCUT2D eigenvalue weighted by Gasteiger charge is 2.09. The van der Waals surface area contributed by atoms with E-state index in [1.807, 2.05) is 0 Å². The number of hydrogen-bond donors (Lipinski definition) is 1. The van der Waals surface area contributed by atoms with Crippen LogP contribution in [0.1, 0.15) is 12.5 Å². The van der Waals surface area contributed by atoms with Gasteiger partial charge >= 0.3 is 5.97 Å². The lowest BCUT2D eigenvalue weighted by atomic mass is 10.2. The van der Waals surface area contributed by atoms with Crippen LogP contribution in [-0.2, 0) is 9.63 Å². The quantitative estimate of drug-likeness (QED) is 0.674. The minimum Gasteiger partial charge on any atom is -0.479 e. The summed E-state index contributed by atoms with van der Waals surface area (Å²) >= 11 is 12.8. The highest BCUT2D eigenvalue weighted by atomic mass is 35.5. The van der Waals surface area contributed by atoms with Gasteiger partial charge in [-0.1, -0.05) is 28.4 Å². The molecule has 7 heteroatoms. The van der Waals surface area contributed by atoms with Gasteiger partial charge in [-0.2, -0.15) is 0 Å². The summed E-state index contributed by atoms with van der Waals surface area (Å²) < 4.78 is 1.04. The Morgan fingerprint density at radius 3 is 2.80 bits per heavy atom. The number of carbonyl (C=O) groups is 1. The van der Waals surface area contributed by atoms with Gasteiger partial charge in [-0.15, -0.1) is 11.3 Å². The van der Waals surface area contributed by atoms with Crippen LogP contribution in [0.25, 0.3) is 0 Å². The van der Waals surface area contributed by atoms with Crippen molar-refractivity contribution in [2.75, 3.05) is 6.61 Å². The van der Waals surface area contributed by atoms with Crippen molar-refractivity contribution in [1.29, 1.82) is 0 Å². The van der Waals surface area contributed by atoms with Gasteiger partial charge in [0.25, 0.3) is 0 Å². The molecule has 4 nitrogen and oxygen atoms in total. The predicted molar refractivity (Wildman–Crippen MR) is 60.1 cm³/mol. The molecule has 0 fully saturated rings. The van der Waals surface area contributed by atoms with Crippen LogP contribution in [0, 0.1) is 0 Å². The van der Waals surface area contributed by atoms with Gasteiger partial charge in [-0.25, -0.2) is 4.79 Å². The molecule has 0 unspecified atom stereocenters. The number of rotatable bonds is 4. The third kappa shape index (κ3) is 3.70. The second-order valence-corrected chi connectivity index (χ2v) is 4.87. The van der Waals surface area contributed by atoms with Crippen LogP contribution >= 0.6 is 34.5 Å². The van der Waals surface area contributed by atoms with Gasteiger partial charge in [0.2, 0.25) is 6.61 Å². The van der Waals surface area contributed by atoms with Crippen LogP contribution in [0.4, 0.5) is 0 Å². The molecule has 0 radical (unpaired) electrons. The van der Waals surface area contributed by atoms with Gasteiger partial charge in [0.1, 0.15) is 4.34 Å². The molecule has 0 aliphatic carbocycles. The molecule has 1 heterocycles. The number of nitrogens with zero attached hydrogens (tertiary/aromatic N) is 1. The molecule has 0 saturated carbocycles. The average molecular weight is 268 g/mol. The summed E-state index contributed by atoms with van der Waals surface area (Å²) in [4.78, 5) is 14.7. The first-order valence-electron chi connectivity index (χ1n) is 3.84. The molecular weight excluding hydrogens is 261 g/mol. The van der Waals surface area contributed by atoms with Crippen LogP contribution in [-0.4, -0.2) is 23.4 Å². The molecular formula is C8H7Cl2NO3S. The fraction of sp³-hybridized carbons (Fsp3) is 0.250. The fourth-order valence-electron chi connectivity index (χ4n) is 0.820. The molecule has 0 bridgehead atoms. The van der Waals surface area contributed by atoms with E-state index in [-0.39, 0.29) is 0 Å². The number of aliphatic carboxylic acids is 1. The van der Waals surface area contributed by atoms with Crippen LogP contribution in [0.2, 0.25) is 8.67 Å². The predicted octanol–water partition coefficient (Wildman–Crippen LogP) is 2.88. The minimum absolute atomic E-state index is 0.479. The largest absolute Gasteiger partial charge is 0.479 e. The van der Waals surface area contributed by atoms with E-state index in [1.54, 1.807) is 13.0 Å². The van der Waals surface area contributed by atoms with E-state index >= 15 is 0 Å². The summed E-state index contributed by atoms with van der Waals surface area (Å²) in [5.41, 5.74) is 1.14. The zero-order valence-corrected chi connectivity index (χ0v) is 9.99. The van der Waals surface area contributed by atoms with Crippen molar-refractivity contribution < 1.29 is 14.7 Å². The van der Waals surface area contributed by atoms with Gasteiger partial charge in [0.05, 0.1) is 10.0 Å². The molecule has 1 N–H and O–H groups in total. The average Bonchev–Trinajstić information content (AvgIpc) is 2.44. The Morgan fingerprint density at radius 1 is 1.67 bits per heavy atom. The monoisotopic (exact) mass is 267 g/mol. The van der Waals surface area contributed by atoms with E-state index in [9.17, 15) is 4.79 Å². The van der Waals surface area contributed by atoms with Gasteiger partial charge in [0, 0.05) is 5.56 Å². The smallest absolute Gasteiger partial charge is 0.344 e. The Kier molecular flexibility index (Phi) is 4.38. The summed E-state index contributed by atoms with van der Waals surface area (Å²) in [6, 6.07) is 1.65. The number of carboxylic acid groups (broad SMARTS) is 1. The first-order valence-corrected chi connectivity index (χ1v) is 5.41. The SMILES string of the molecule is C/C(=N/OCC(=O)O)c1cc(Cl)sc1Cl. The second-order valence-electron chi connectivity index (χ2n) is 2.58. The van der Waals surface area contributed by atoms with Crippen molar-refractivity contribution in [3.05, 3.63) is 20.3 Å². The number of halogens is 2. The lowest BCUT2D eigenvalue weighted by Crippen LogP contribution is -2.05. The van der Waals surface area contributed by atoms with Crippen molar-refractivity contribution in [2.45, 2.75) is 6.92 Å². The molecule has 15 heavy (non-hydrogen) atoms. The maximum Gasteiger partial charge on any atom is 0.344 e. The number of thiophene rings is 1. The van der Waals surface area contributed by atoms with Gasteiger partial charge < -0.3 is 9.94 Å². The van der Waals surface area contributed by atoms with Crippen LogP contribution in [0.5, 0.6) is 0 Å². The number of carboxylic acids is 1. The fourth-order valence-corrected chi connectivity index (χ4v) is 2.38. The normalized spacial score (nSPS) is 11.5. The molecule has 1 rings (SSSR count). The molecule has 1 aromatic heterocycles. The first-order chi connectivity index (χ1) is 7.00. The topological polar surface area (TPSA) is 58.9 Å². The van der Waals surface area contributed by atoms with Crippen LogP contribution in [0.3, 0.4) is 0 Å². The summed E-state index contributed by atoms with van der Waals surface area (Å²) in [5.74, 6) is -1.08. The molecule has 0 aliphatic rings. The van der Waals surface area contributed by atoms with Crippen molar-refractivity contribution in [3.8, 4) is 0 Å². The lowest BCUT2D eigenvalue weighted by Gasteiger charge is -1.98. The Labute approximate surface area is 100 Å². The van der Waals surface area contributed by atoms with E-state index in [4.69, 9.17) is 28.3 Å². The van der Waals surface area contributed by atoms with Crippen LogP contribution < -0.4 is 0 Å². The van der Waals surface area contributed by atoms with Crippen LogP contribution in [0.15, 0.2) is 11.2 Å². The van der Waals surface area contributed by atoms with Gasteiger partial charge in [-0.3, -0.25) is 0 Å².